The van der Waals surface area contributed by atoms with Gasteiger partial charge in [0, 0.05) is 22.1 Å². The normalized spacial score (nSPS) is 10.3. The Morgan fingerprint density at radius 3 is 2.56 bits per heavy atom. The number of hydrogen-bond donors (Lipinski definition) is 1. The summed E-state index contributed by atoms with van der Waals surface area (Å²) in [5.74, 6) is -2.43. The van der Waals surface area contributed by atoms with E-state index in [9.17, 15) is 13.6 Å². The molecule has 1 aromatic heterocycles. The number of aromatic nitrogens is 1. The topological polar surface area (TPSA) is 50.2 Å². The van der Waals surface area contributed by atoms with Crippen molar-refractivity contribution >= 4 is 17.7 Å². The van der Waals surface area contributed by atoms with Crippen LogP contribution in [0, 0.1) is 11.6 Å². The van der Waals surface area contributed by atoms with E-state index in [-0.39, 0.29) is 10.6 Å². The SMILES string of the molecule is O=C(O)c1ccc(Sc2ccc(F)cc2F)cn1. The van der Waals surface area contributed by atoms with Gasteiger partial charge in [0.05, 0.1) is 0 Å². The van der Waals surface area contributed by atoms with Crippen LogP contribution in [0.2, 0.25) is 0 Å². The first-order valence-electron chi connectivity index (χ1n) is 4.88. The fourth-order valence-corrected chi connectivity index (χ4v) is 2.04. The maximum Gasteiger partial charge on any atom is 0.354 e. The zero-order valence-corrected chi connectivity index (χ0v) is 9.75. The van der Waals surface area contributed by atoms with E-state index in [1.54, 1.807) is 0 Å². The second-order valence-corrected chi connectivity index (χ2v) is 4.48. The lowest BCUT2D eigenvalue weighted by atomic mass is 10.3. The number of benzene rings is 1. The van der Waals surface area contributed by atoms with Crippen molar-refractivity contribution in [2.45, 2.75) is 9.79 Å². The first-order valence-corrected chi connectivity index (χ1v) is 5.70. The van der Waals surface area contributed by atoms with Crippen LogP contribution in [0.3, 0.4) is 0 Å². The van der Waals surface area contributed by atoms with Gasteiger partial charge in [0.1, 0.15) is 17.3 Å². The van der Waals surface area contributed by atoms with Gasteiger partial charge >= 0.3 is 5.97 Å². The molecule has 1 heterocycles. The standard InChI is InChI=1S/C12H7F2NO2S/c13-7-1-4-11(9(14)5-7)18-8-2-3-10(12(16)17)15-6-8/h1-6H,(H,16,17). The van der Waals surface area contributed by atoms with Crippen molar-refractivity contribution in [3.05, 3.63) is 53.9 Å². The van der Waals surface area contributed by atoms with E-state index in [2.05, 4.69) is 4.98 Å². The molecule has 0 aliphatic carbocycles. The molecule has 0 amide bonds. The molecule has 2 aromatic rings. The minimum atomic E-state index is -1.13. The Kier molecular flexibility index (Phi) is 3.57. The predicted molar refractivity (Wildman–Crippen MR) is 61.7 cm³/mol. The fourth-order valence-electron chi connectivity index (χ4n) is 1.25. The molecule has 0 spiro atoms. The van der Waals surface area contributed by atoms with Crippen LogP contribution in [0.1, 0.15) is 10.5 Å². The van der Waals surface area contributed by atoms with Crippen LogP contribution in [0.5, 0.6) is 0 Å². The van der Waals surface area contributed by atoms with Gasteiger partial charge in [0.2, 0.25) is 0 Å². The lowest BCUT2D eigenvalue weighted by Gasteiger charge is -2.03. The van der Waals surface area contributed by atoms with Crippen molar-refractivity contribution in [3.63, 3.8) is 0 Å². The van der Waals surface area contributed by atoms with Crippen molar-refractivity contribution in [3.8, 4) is 0 Å². The highest BCUT2D eigenvalue weighted by Crippen LogP contribution is 2.29. The van der Waals surface area contributed by atoms with E-state index in [4.69, 9.17) is 5.11 Å². The predicted octanol–water partition coefficient (Wildman–Crippen LogP) is 3.21. The van der Waals surface area contributed by atoms with E-state index in [1.165, 1.54) is 24.4 Å². The van der Waals surface area contributed by atoms with Crippen molar-refractivity contribution in [2.75, 3.05) is 0 Å². The third-order valence-corrected chi connectivity index (χ3v) is 3.11. The van der Waals surface area contributed by atoms with Crippen molar-refractivity contribution in [1.29, 1.82) is 0 Å². The zero-order chi connectivity index (χ0) is 13.1. The summed E-state index contributed by atoms with van der Waals surface area (Å²) in [5, 5.41) is 8.67. The monoisotopic (exact) mass is 267 g/mol. The smallest absolute Gasteiger partial charge is 0.354 e. The third kappa shape index (κ3) is 2.84. The molecule has 0 unspecified atom stereocenters. The van der Waals surface area contributed by atoms with Crippen molar-refractivity contribution in [1.82, 2.24) is 4.98 Å². The van der Waals surface area contributed by atoms with Crippen LogP contribution in [0.25, 0.3) is 0 Å². The number of carboxylic acids is 1. The average molecular weight is 267 g/mol. The van der Waals surface area contributed by atoms with Gasteiger partial charge in [-0.2, -0.15) is 0 Å². The quantitative estimate of drug-likeness (QED) is 0.927. The number of hydrogen-bond acceptors (Lipinski definition) is 3. The van der Waals surface area contributed by atoms with Gasteiger partial charge in [-0.1, -0.05) is 11.8 Å². The molecule has 92 valence electrons. The number of rotatable bonds is 3. The van der Waals surface area contributed by atoms with Gasteiger partial charge < -0.3 is 5.11 Å². The van der Waals surface area contributed by atoms with Gasteiger partial charge in [-0.15, -0.1) is 0 Å². The molecular weight excluding hydrogens is 260 g/mol. The number of carboxylic acid groups (broad SMARTS) is 1. The van der Waals surface area contributed by atoms with Gasteiger partial charge in [-0.25, -0.2) is 18.6 Å². The van der Waals surface area contributed by atoms with E-state index < -0.39 is 17.6 Å². The molecule has 18 heavy (non-hydrogen) atoms. The molecule has 1 N–H and O–H groups in total. The van der Waals surface area contributed by atoms with Crippen LogP contribution in [-0.2, 0) is 0 Å². The summed E-state index contributed by atoms with van der Waals surface area (Å²) in [6.07, 6.45) is 1.33. The van der Waals surface area contributed by atoms with Crippen LogP contribution < -0.4 is 0 Å². The molecule has 0 aliphatic heterocycles. The molecule has 0 fully saturated rings. The maximum absolute atomic E-state index is 13.4. The summed E-state index contributed by atoms with van der Waals surface area (Å²) >= 11 is 1.05. The lowest BCUT2D eigenvalue weighted by molar-refractivity contribution is 0.0690. The number of halogens is 2. The molecular formula is C12H7F2NO2S. The molecule has 0 radical (unpaired) electrons. The highest BCUT2D eigenvalue weighted by Gasteiger charge is 2.08. The molecule has 2 rings (SSSR count). The molecule has 3 nitrogen and oxygen atoms in total. The van der Waals surface area contributed by atoms with Crippen LogP contribution >= 0.6 is 11.8 Å². The Hall–Kier alpha value is -1.95. The first kappa shape index (κ1) is 12.5. The highest BCUT2D eigenvalue weighted by atomic mass is 32.2. The van der Waals surface area contributed by atoms with Gasteiger partial charge in [-0.3, -0.25) is 0 Å². The molecule has 0 saturated heterocycles. The third-order valence-electron chi connectivity index (χ3n) is 2.08. The number of pyridine rings is 1. The maximum atomic E-state index is 13.4. The molecule has 0 bridgehead atoms. The van der Waals surface area contributed by atoms with Gasteiger partial charge in [0.15, 0.2) is 0 Å². The Morgan fingerprint density at radius 2 is 2.00 bits per heavy atom. The minimum Gasteiger partial charge on any atom is -0.477 e. The summed E-state index contributed by atoms with van der Waals surface area (Å²) in [7, 11) is 0. The molecule has 0 atom stereocenters. The minimum absolute atomic E-state index is 0.0843. The Bertz CT molecular complexity index is 587. The first-order chi connectivity index (χ1) is 8.56. The molecule has 0 saturated carbocycles. The van der Waals surface area contributed by atoms with E-state index in [1.807, 2.05) is 0 Å². The molecule has 1 aromatic carbocycles. The zero-order valence-electron chi connectivity index (χ0n) is 8.93. The average Bonchev–Trinajstić information content (AvgIpc) is 2.33. The summed E-state index contributed by atoms with van der Waals surface area (Å²) in [4.78, 5) is 15.1. The van der Waals surface area contributed by atoms with E-state index in [0.29, 0.717) is 4.90 Å². The molecule has 0 aliphatic rings. The highest BCUT2D eigenvalue weighted by molar-refractivity contribution is 7.99. The number of aromatic carboxylic acids is 1. The Balaban J connectivity index is 2.21. The van der Waals surface area contributed by atoms with E-state index in [0.717, 1.165) is 23.9 Å². The van der Waals surface area contributed by atoms with Crippen LogP contribution in [-0.4, -0.2) is 16.1 Å². The fraction of sp³-hybridized carbons (Fsp3) is 0. The number of carbonyl (C=O) groups is 1. The van der Waals surface area contributed by atoms with Crippen LogP contribution in [0.15, 0.2) is 46.3 Å². The summed E-state index contributed by atoms with van der Waals surface area (Å²) < 4.78 is 26.1. The Labute approximate surface area is 105 Å². The second-order valence-electron chi connectivity index (χ2n) is 3.36. The van der Waals surface area contributed by atoms with E-state index >= 15 is 0 Å². The Morgan fingerprint density at radius 1 is 1.22 bits per heavy atom. The number of nitrogens with zero attached hydrogens (tertiary/aromatic N) is 1. The summed E-state index contributed by atoms with van der Waals surface area (Å²) in [5.41, 5.74) is -0.0843. The largest absolute Gasteiger partial charge is 0.477 e. The van der Waals surface area contributed by atoms with Gasteiger partial charge in [0.25, 0.3) is 0 Å². The van der Waals surface area contributed by atoms with Crippen LogP contribution in [0.4, 0.5) is 8.78 Å². The van der Waals surface area contributed by atoms with Gasteiger partial charge in [-0.05, 0) is 24.3 Å². The lowest BCUT2D eigenvalue weighted by Crippen LogP contribution is -1.98. The van der Waals surface area contributed by atoms with Crippen molar-refractivity contribution in [2.24, 2.45) is 0 Å². The summed E-state index contributed by atoms with van der Waals surface area (Å²) in [6, 6.07) is 6.11. The summed E-state index contributed by atoms with van der Waals surface area (Å²) in [6.45, 7) is 0. The molecule has 6 heteroatoms. The second kappa shape index (κ2) is 5.14. The van der Waals surface area contributed by atoms with Crippen molar-refractivity contribution < 1.29 is 18.7 Å².